The second kappa shape index (κ2) is 7.18. The minimum absolute atomic E-state index is 0.114. The Morgan fingerprint density at radius 1 is 1.28 bits per heavy atom. The van der Waals surface area contributed by atoms with Crippen molar-refractivity contribution in [2.24, 2.45) is 5.73 Å². The Hall–Kier alpha value is -2.88. The van der Waals surface area contributed by atoms with Crippen molar-refractivity contribution in [3.05, 3.63) is 35.0 Å². The zero-order valence-electron chi connectivity index (χ0n) is 16.4. The van der Waals surface area contributed by atoms with Gasteiger partial charge in [0.1, 0.15) is 17.8 Å². The smallest absolute Gasteiger partial charge is 0.224 e. The van der Waals surface area contributed by atoms with Gasteiger partial charge in [0.05, 0.1) is 17.8 Å². The van der Waals surface area contributed by atoms with Crippen LogP contribution >= 0.6 is 0 Å². The minimum Gasteiger partial charge on any atom is -0.508 e. The quantitative estimate of drug-likeness (QED) is 0.362. The van der Waals surface area contributed by atoms with Gasteiger partial charge in [-0.1, -0.05) is 6.07 Å². The number of aromatic nitrogens is 3. The molecule has 9 nitrogen and oxygen atoms in total. The first kappa shape index (κ1) is 19.4. The third kappa shape index (κ3) is 3.17. The molecule has 9 heteroatoms. The second-order valence-electron chi connectivity index (χ2n) is 7.63. The molecule has 0 bridgehead atoms. The number of phenols is 1. The number of rotatable bonds is 4. The number of nitrogen functional groups attached to an aromatic ring is 1. The van der Waals surface area contributed by atoms with Crippen molar-refractivity contribution in [2.45, 2.75) is 51.5 Å². The van der Waals surface area contributed by atoms with E-state index in [0.29, 0.717) is 33.8 Å². The lowest BCUT2D eigenvalue weighted by Crippen LogP contribution is -2.28. The maximum absolute atomic E-state index is 10.2. The van der Waals surface area contributed by atoms with Crippen LogP contribution < -0.4 is 16.8 Å². The van der Waals surface area contributed by atoms with E-state index < -0.39 is 12.3 Å². The predicted octanol–water partition coefficient (Wildman–Crippen LogP) is 1.60. The van der Waals surface area contributed by atoms with Gasteiger partial charge in [-0.05, 0) is 44.7 Å². The number of phenolic OH excluding ortho intramolecular Hbond substituents is 1. The summed E-state index contributed by atoms with van der Waals surface area (Å²) >= 11 is 0. The molecular weight excluding hydrogens is 372 g/mol. The fraction of sp³-hybridized carbons (Fsp3) is 0.400. The molecule has 0 aliphatic heterocycles. The summed E-state index contributed by atoms with van der Waals surface area (Å²) in [6, 6.07) is 3.30. The van der Waals surface area contributed by atoms with Crippen LogP contribution in [-0.2, 0) is 0 Å². The predicted molar refractivity (Wildman–Crippen MR) is 111 cm³/mol. The topological polar surface area (TPSA) is 155 Å². The standard InChI is InChI=1S/C20H26N6O3/c1-9-6-7-13(27)10(2)16(9)26-17(21)15(18(22)29)11-8-23-20(25-19(11)26)24-12-4-3-5-14(12)28/h6-8,12,14,18,27-29H,3-5,21-22H2,1-2H3,(H,23,24,25)/t12-,14-,18?/m0/s1. The van der Waals surface area contributed by atoms with Crippen molar-refractivity contribution < 1.29 is 15.3 Å². The molecule has 0 amide bonds. The van der Waals surface area contributed by atoms with Crippen LogP contribution in [0.5, 0.6) is 5.75 Å². The van der Waals surface area contributed by atoms with Crippen LogP contribution in [0.3, 0.4) is 0 Å². The molecule has 1 unspecified atom stereocenters. The molecule has 154 valence electrons. The first-order valence-electron chi connectivity index (χ1n) is 9.64. The van der Waals surface area contributed by atoms with Gasteiger partial charge in [0.15, 0.2) is 5.65 Å². The molecule has 2 aromatic heterocycles. The summed E-state index contributed by atoms with van der Waals surface area (Å²) in [6.07, 6.45) is 2.34. The Labute approximate surface area is 168 Å². The van der Waals surface area contributed by atoms with E-state index in [2.05, 4.69) is 15.3 Å². The number of fused-ring (bicyclic) bond motifs is 1. The van der Waals surface area contributed by atoms with Gasteiger partial charge < -0.3 is 32.1 Å². The summed E-state index contributed by atoms with van der Waals surface area (Å²) in [5.41, 5.74) is 15.1. The molecule has 1 aromatic carbocycles. The molecule has 1 fully saturated rings. The van der Waals surface area contributed by atoms with Gasteiger partial charge in [0, 0.05) is 22.7 Å². The number of aromatic hydroxyl groups is 1. The number of aliphatic hydroxyl groups excluding tert-OH is 2. The van der Waals surface area contributed by atoms with Crippen LogP contribution in [0.2, 0.25) is 0 Å². The Kier molecular flexibility index (Phi) is 4.81. The summed E-state index contributed by atoms with van der Waals surface area (Å²) in [7, 11) is 0. The fourth-order valence-electron chi connectivity index (χ4n) is 4.16. The number of hydrogen-bond donors (Lipinski definition) is 6. The molecule has 3 aromatic rings. The highest BCUT2D eigenvalue weighted by Gasteiger charge is 2.27. The number of nitrogens with one attached hydrogen (secondary N) is 1. The third-order valence-corrected chi connectivity index (χ3v) is 5.70. The average Bonchev–Trinajstić information content (AvgIpc) is 3.19. The molecule has 0 spiro atoms. The SMILES string of the molecule is Cc1ccc(O)c(C)c1-n1c(N)c(C(N)O)c2cnc(N[C@H]3CCC[C@@H]3O)nc21. The van der Waals surface area contributed by atoms with E-state index in [4.69, 9.17) is 11.5 Å². The van der Waals surface area contributed by atoms with Gasteiger partial charge in [0.2, 0.25) is 5.95 Å². The van der Waals surface area contributed by atoms with Crippen LogP contribution in [0.4, 0.5) is 11.8 Å². The van der Waals surface area contributed by atoms with Gasteiger partial charge >= 0.3 is 0 Å². The van der Waals surface area contributed by atoms with E-state index in [-0.39, 0.29) is 17.6 Å². The van der Waals surface area contributed by atoms with Gasteiger partial charge in [0.25, 0.3) is 0 Å². The molecule has 2 heterocycles. The number of hydrogen-bond acceptors (Lipinski definition) is 8. The van der Waals surface area contributed by atoms with E-state index in [1.54, 1.807) is 29.8 Å². The Balaban J connectivity index is 1.94. The van der Waals surface area contributed by atoms with Crippen LogP contribution in [0.15, 0.2) is 18.3 Å². The first-order valence-corrected chi connectivity index (χ1v) is 9.64. The summed E-state index contributed by atoms with van der Waals surface area (Å²) in [5, 5.41) is 34.2. The van der Waals surface area contributed by atoms with E-state index in [1.807, 2.05) is 6.92 Å². The fourth-order valence-corrected chi connectivity index (χ4v) is 4.16. The number of aryl methyl sites for hydroxylation is 1. The highest BCUT2D eigenvalue weighted by atomic mass is 16.3. The summed E-state index contributed by atoms with van der Waals surface area (Å²) in [4.78, 5) is 8.97. The minimum atomic E-state index is -1.31. The molecular formula is C20H26N6O3. The lowest BCUT2D eigenvalue weighted by Gasteiger charge is -2.17. The Bertz CT molecular complexity index is 1080. The molecule has 0 radical (unpaired) electrons. The largest absolute Gasteiger partial charge is 0.508 e. The average molecular weight is 398 g/mol. The van der Waals surface area contributed by atoms with E-state index in [0.717, 1.165) is 24.8 Å². The maximum atomic E-state index is 10.2. The summed E-state index contributed by atoms with van der Waals surface area (Å²) < 4.78 is 1.68. The molecule has 3 atom stereocenters. The molecule has 29 heavy (non-hydrogen) atoms. The number of benzene rings is 1. The number of nitrogens with zero attached hydrogens (tertiary/aromatic N) is 3. The van der Waals surface area contributed by atoms with Crippen LogP contribution in [0, 0.1) is 13.8 Å². The van der Waals surface area contributed by atoms with Crippen molar-refractivity contribution in [2.75, 3.05) is 11.1 Å². The summed E-state index contributed by atoms with van der Waals surface area (Å²) in [5.74, 6) is 0.720. The lowest BCUT2D eigenvalue weighted by molar-refractivity contribution is 0.171. The highest BCUT2D eigenvalue weighted by Crippen LogP contribution is 2.37. The number of nitrogens with two attached hydrogens (primary N) is 2. The van der Waals surface area contributed by atoms with E-state index in [1.165, 1.54) is 0 Å². The van der Waals surface area contributed by atoms with Crippen molar-refractivity contribution in [1.82, 2.24) is 14.5 Å². The second-order valence-corrected chi connectivity index (χ2v) is 7.63. The molecule has 1 saturated carbocycles. The van der Waals surface area contributed by atoms with Gasteiger partial charge in [-0.2, -0.15) is 4.98 Å². The normalized spacial score (nSPS) is 20.3. The molecule has 8 N–H and O–H groups in total. The van der Waals surface area contributed by atoms with Crippen LogP contribution in [0.1, 0.15) is 42.2 Å². The maximum Gasteiger partial charge on any atom is 0.224 e. The van der Waals surface area contributed by atoms with Crippen LogP contribution in [0.25, 0.3) is 16.7 Å². The van der Waals surface area contributed by atoms with Gasteiger partial charge in [-0.3, -0.25) is 4.57 Å². The molecule has 4 rings (SSSR count). The van der Waals surface area contributed by atoms with Gasteiger partial charge in [-0.25, -0.2) is 4.98 Å². The van der Waals surface area contributed by atoms with Gasteiger partial charge in [-0.15, -0.1) is 0 Å². The zero-order chi connectivity index (χ0) is 20.9. The van der Waals surface area contributed by atoms with Crippen molar-refractivity contribution in [3.63, 3.8) is 0 Å². The van der Waals surface area contributed by atoms with E-state index >= 15 is 0 Å². The number of aliphatic hydroxyl groups is 2. The molecule has 1 aliphatic rings. The van der Waals surface area contributed by atoms with Crippen LogP contribution in [-0.4, -0.2) is 42.0 Å². The first-order chi connectivity index (χ1) is 13.8. The molecule has 0 saturated heterocycles. The highest BCUT2D eigenvalue weighted by molar-refractivity contribution is 5.89. The monoisotopic (exact) mass is 398 g/mol. The van der Waals surface area contributed by atoms with E-state index in [9.17, 15) is 15.3 Å². The van der Waals surface area contributed by atoms with Crippen molar-refractivity contribution in [1.29, 1.82) is 0 Å². The third-order valence-electron chi connectivity index (χ3n) is 5.70. The van der Waals surface area contributed by atoms with Crippen molar-refractivity contribution in [3.8, 4) is 11.4 Å². The lowest BCUT2D eigenvalue weighted by atomic mass is 10.1. The summed E-state index contributed by atoms with van der Waals surface area (Å²) in [6.45, 7) is 3.69. The number of anilines is 2. The Morgan fingerprint density at radius 2 is 2.03 bits per heavy atom. The molecule has 1 aliphatic carbocycles. The Morgan fingerprint density at radius 3 is 2.69 bits per heavy atom. The zero-order valence-corrected chi connectivity index (χ0v) is 16.4. The van der Waals surface area contributed by atoms with Crippen molar-refractivity contribution >= 4 is 22.8 Å².